The highest BCUT2D eigenvalue weighted by molar-refractivity contribution is 5.85. The van der Waals surface area contributed by atoms with E-state index in [1.807, 2.05) is 11.0 Å². The molecule has 2 rings (SSSR count). The first-order valence-electron chi connectivity index (χ1n) is 8.85. The monoisotopic (exact) mass is 353 g/mol. The zero-order chi connectivity index (χ0) is 16.8. The highest BCUT2D eigenvalue weighted by atomic mass is 35.5. The second kappa shape index (κ2) is 10.0. The second-order valence-electron chi connectivity index (χ2n) is 6.83. The van der Waals surface area contributed by atoms with Crippen molar-refractivity contribution >= 4 is 18.3 Å². The largest absolute Gasteiger partial charge is 0.340 e. The zero-order valence-electron chi connectivity index (χ0n) is 15.1. The molecule has 0 bridgehead atoms. The minimum atomic E-state index is -0.365. The Morgan fingerprint density at radius 1 is 1.25 bits per heavy atom. The predicted molar refractivity (Wildman–Crippen MR) is 102 cm³/mol. The molecule has 1 aromatic carbocycles. The van der Waals surface area contributed by atoms with Gasteiger partial charge in [-0.05, 0) is 24.8 Å². The first-order chi connectivity index (χ1) is 11.0. The van der Waals surface area contributed by atoms with E-state index >= 15 is 0 Å². The minimum absolute atomic E-state index is 0. The number of carbonyl (C=O) groups excluding carboxylic acids is 1. The maximum Gasteiger partial charge on any atom is 0.239 e. The Bertz CT molecular complexity index is 497. The average Bonchev–Trinajstić information content (AvgIpc) is 2.76. The van der Waals surface area contributed by atoms with Crippen molar-refractivity contribution in [2.75, 3.05) is 19.6 Å². The van der Waals surface area contributed by atoms with Crippen LogP contribution in [0.4, 0.5) is 0 Å². The number of hydrogen-bond acceptors (Lipinski definition) is 3. The molecule has 2 N–H and O–H groups in total. The lowest BCUT2D eigenvalue weighted by Gasteiger charge is -2.27. The van der Waals surface area contributed by atoms with Crippen LogP contribution in [-0.4, -0.2) is 47.4 Å². The summed E-state index contributed by atoms with van der Waals surface area (Å²) in [6.07, 6.45) is 1.95. The molecule has 0 spiro atoms. The van der Waals surface area contributed by atoms with Crippen LogP contribution >= 0.6 is 12.4 Å². The molecule has 24 heavy (non-hydrogen) atoms. The van der Waals surface area contributed by atoms with Gasteiger partial charge in [0, 0.05) is 32.2 Å². The summed E-state index contributed by atoms with van der Waals surface area (Å²) >= 11 is 0. The van der Waals surface area contributed by atoms with Crippen molar-refractivity contribution in [3.8, 4) is 0 Å². The lowest BCUT2D eigenvalue weighted by Crippen LogP contribution is -2.48. The number of benzene rings is 1. The van der Waals surface area contributed by atoms with E-state index < -0.39 is 0 Å². The van der Waals surface area contributed by atoms with E-state index in [9.17, 15) is 4.79 Å². The third-order valence-electron chi connectivity index (χ3n) is 5.18. The van der Waals surface area contributed by atoms with E-state index in [0.717, 1.165) is 39.0 Å². The van der Waals surface area contributed by atoms with Crippen molar-refractivity contribution < 1.29 is 4.79 Å². The van der Waals surface area contributed by atoms with Crippen LogP contribution in [0.25, 0.3) is 0 Å². The summed E-state index contributed by atoms with van der Waals surface area (Å²) in [5.74, 6) is 0.358. The second-order valence-corrected chi connectivity index (χ2v) is 6.83. The van der Waals surface area contributed by atoms with Crippen molar-refractivity contribution in [1.82, 2.24) is 9.80 Å². The molecule has 1 amide bonds. The molecule has 4 nitrogen and oxygen atoms in total. The molecule has 1 heterocycles. The van der Waals surface area contributed by atoms with E-state index in [-0.39, 0.29) is 30.3 Å². The Morgan fingerprint density at radius 3 is 2.54 bits per heavy atom. The Morgan fingerprint density at radius 2 is 1.92 bits per heavy atom. The first kappa shape index (κ1) is 20.9. The summed E-state index contributed by atoms with van der Waals surface area (Å²) in [6.45, 7) is 9.85. The highest BCUT2D eigenvalue weighted by Crippen LogP contribution is 2.16. The summed E-state index contributed by atoms with van der Waals surface area (Å²) in [5, 5.41) is 0. The molecule has 1 aliphatic heterocycles. The lowest BCUT2D eigenvalue weighted by molar-refractivity contribution is -0.133. The molecule has 0 aliphatic carbocycles. The number of halogens is 1. The van der Waals surface area contributed by atoms with Gasteiger partial charge in [0.25, 0.3) is 0 Å². The standard InChI is InChI=1S/C19H31N3O.ClH/c1-4-15(2)18(20)19(23)21-11-10-16(3)22(13-12-21)14-17-8-6-5-7-9-17;/h5-9,15-16,18H,4,10-14,20H2,1-3H3;1H. The van der Waals surface area contributed by atoms with Gasteiger partial charge < -0.3 is 10.6 Å². The molecule has 136 valence electrons. The van der Waals surface area contributed by atoms with Gasteiger partial charge in [0.2, 0.25) is 5.91 Å². The fourth-order valence-electron chi connectivity index (χ4n) is 3.09. The molecule has 5 heteroatoms. The van der Waals surface area contributed by atoms with Crippen LogP contribution < -0.4 is 5.73 Å². The topological polar surface area (TPSA) is 49.6 Å². The van der Waals surface area contributed by atoms with Crippen LogP contribution in [0.15, 0.2) is 30.3 Å². The van der Waals surface area contributed by atoms with Crippen LogP contribution in [0.5, 0.6) is 0 Å². The molecule has 0 saturated carbocycles. The highest BCUT2D eigenvalue weighted by Gasteiger charge is 2.28. The summed E-state index contributed by atoms with van der Waals surface area (Å²) in [4.78, 5) is 17.0. The van der Waals surface area contributed by atoms with E-state index in [2.05, 4.69) is 49.9 Å². The molecule has 0 radical (unpaired) electrons. The molecule has 1 aromatic rings. The Labute approximate surface area is 152 Å². The molecule has 1 aliphatic rings. The summed E-state index contributed by atoms with van der Waals surface area (Å²) in [5.41, 5.74) is 7.47. The van der Waals surface area contributed by atoms with Gasteiger partial charge in [0.05, 0.1) is 6.04 Å². The predicted octanol–water partition coefficient (Wildman–Crippen LogP) is 2.90. The van der Waals surface area contributed by atoms with Gasteiger partial charge >= 0.3 is 0 Å². The molecule has 1 saturated heterocycles. The summed E-state index contributed by atoms with van der Waals surface area (Å²) in [6, 6.07) is 10.7. The van der Waals surface area contributed by atoms with Crippen molar-refractivity contribution in [2.45, 2.75) is 52.2 Å². The van der Waals surface area contributed by atoms with Crippen molar-refractivity contribution in [3.63, 3.8) is 0 Å². The fourth-order valence-corrected chi connectivity index (χ4v) is 3.09. The fraction of sp³-hybridized carbons (Fsp3) is 0.632. The molecule has 1 fully saturated rings. The van der Waals surface area contributed by atoms with E-state index in [1.54, 1.807) is 0 Å². The van der Waals surface area contributed by atoms with Crippen molar-refractivity contribution in [3.05, 3.63) is 35.9 Å². The maximum atomic E-state index is 12.6. The maximum absolute atomic E-state index is 12.6. The van der Waals surface area contributed by atoms with Gasteiger partial charge in [-0.1, -0.05) is 50.6 Å². The van der Waals surface area contributed by atoms with Gasteiger partial charge in [0.15, 0.2) is 0 Å². The van der Waals surface area contributed by atoms with Gasteiger partial charge in [-0.15, -0.1) is 12.4 Å². The van der Waals surface area contributed by atoms with Crippen molar-refractivity contribution in [2.24, 2.45) is 11.7 Å². The van der Waals surface area contributed by atoms with E-state index in [4.69, 9.17) is 5.73 Å². The minimum Gasteiger partial charge on any atom is -0.340 e. The Kier molecular flexibility index (Phi) is 8.74. The number of amides is 1. The van der Waals surface area contributed by atoms with Gasteiger partial charge in [0.1, 0.15) is 0 Å². The SMILES string of the molecule is CCC(C)C(N)C(=O)N1CCC(C)N(Cc2ccccc2)CC1.Cl. The number of hydrogen-bond donors (Lipinski definition) is 1. The molecular weight excluding hydrogens is 322 g/mol. The number of nitrogens with zero attached hydrogens (tertiary/aromatic N) is 2. The van der Waals surface area contributed by atoms with Crippen LogP contribution in [0.1, 0.15) is 39.2 Å². The summed E-state index contributed by atoms with van der Waals surface area (Å²) in [7, 11) is 0. The molecule has 3 atom stereocenters. The van der Waals surface area contributed by atoms with Crippen LogP contribution in [0.2, 0.25) is 0 Å². The average molecular weight is 354 g/mol. The lowest BCUT2D eigenvalue weighted by atomic mass is 9.99. The number of carbonyl (C=O) groups is 1. The summed E-state index contributed by atoms with van der Waals surface area (Å²) < 4.78 is 0. The molecule has 0 aromatic heterocycles. The van der Waals surface area contributed by atoms with Crippen LogP contribution in [-0.2, 0) is 11.3 Å². The Hall–Kier alpha value is -1.10. The third kappa shape index (κ3) is 5.47. The number of nitrogens with two attached hydrogens (primary N) is 1. The van der Waals surface area contributed by atoms with E-state index in [0.29, 0.717) is 6.04 Å². The van der Waals surface area contributed by atoms with E-state index in [1.165, 1.54) is 5.56 Å². The number of rotatable bonds is 5. The quantitative estimate of drug-likeness (QED) is 0.885. The van der Waals surface area contributed by atoms with Crippen LogP contribution in [0.3, 0.4) is 0 Å². The smallest absolute Gasteiger partial charge is 0.239 e. The molecule has 3 unspecified atom stereocenters. The first-order valence-corrected chi connectivity index (χ1v) is 8.85. The van der Waals surface area contributed by atoms with Crippen LogP contribution in [0, 0.1) is 5.92 Å². The van der Waals surface area contributed by atoms with Gasteiger partial charge in [-0.3, -0.25) is 9.69 Å². The van der Waals surface area contributed by atoms with Crippen molar-refractivity contribution in [1.29, 1.82) is 0 Å². The zero-order valence-corrected chi connectivity index (χ0v) is 16.0. The molecular formula is C19H32ClN3O. The normalized spacial score (nSPS) is 21.5. The third-order valence-corrected chi connectivity index (χ3v) is 5.18. The Balaban J connectivity index is 0.00000288. The van der Waals surface area contributed by atoms with Gasteiger partial charge in [-0.2, -0.15) is 0 Å². The van der Waals surface area contributed by atoms with Gasteiger partial charge in [-0.25, -0.2) is 0 Å².